The summed E-state index contributed by atoms with van der Waals surface area (Å²) in [4.78, 5) is 24.5. The molecule has 9 nitrogen and oxygen atoms in total. The number of fused-ring (bicyclic) bond motifs is 1. The Hall–Kier alpha value is -4.01. The molecule has 1 aromatic heterocycles. The molecular formula is C28H33N5O4. The molecule has 1 saturated heterocycles. The predicted molar refractivity (Wildman–Crippen MR) is 142 cm³/mol. The number of aromatic nitrogens is 2. The minimum absolute atomic E-state index is 0.0806. The van der Waals surface area contributed by atoms with Crippen molar-refractivity contribution in [2.24, 2.45) is 5.92 Å². The summed E-state index contributed by atoms with van der Waals surface area (Å²) < 4.78 is 16.3. The van der Waals surface area contributed by atoms with E-state index in [-0.39, 0.29) is 17.9 Å². The Kier molecular flexibility index (Phi) is 7.30. The van der Waals surface area contributed by atoms with Gasteiger partial charge in [0.05, 0.1) is 33.3 Å². The average molecular weight is 504 g/mol. The van der Waals surface area contributed by atoms with E-state index in [1.54, 1.807) is 39.7 Å². The maximum absolute atomic E-state index is 13.2. The van der Waals surface area contributed by atoms with Gasteiger partial charge in [-0.1, -0.05) is 24.3 Å². The van der Waals surface area contributed by atoms with Crippen LogP contribution < -0.4 is 29.7 Å². The molecule has 9 heteroatoms. The molecule has 194 valence electrons. The summed E-state index contributed by atoms with van der Waals surface area (Å²) in [5.41, 5.74) is 3.30. The molecule has 0 radical (unpaired) electrons. The molecule has 2 heterocycles. The number of carbonyl (C=O) groups is 1. The lowest BCUT2D eigenvalue weighted by Gasteiger charge is -2.33. The molecule has 3 aromatic rings. The zero-order valence-electron chi connectivity index (χ0n) is 21.5. The van der Waals surface area contributed by atoms with E-state index in [0.717, 1.165) is 38.0 Å². The first kappa shape index (κ1) is 24.7. The Labute approximate surface area is 217 Å². The second kappa shape index (κ2) is 10.9. The Morgan fingerprint density at radius 3 is 2.57 bits per heavy atom. The number of rotatable bonds is 8. The van der Waals surface area contributed by atoms with Crippen LogP contribution in [0.4, 0.5) is 17.5 Å². The molecule has 2 aliphatic rings. The summed E-state index contributed by atoms with van der Waals surface area (Å²) in [5, 5.41) is 6.54. The molecule has 0 bridgehead atoms. The number of benzene rings is 2. The molecule has 1 fully saturated rings. The molecule has 5 rings (SSSR count). The minimum atomic E-state index is -0.0806. The summed E-state index contributed by atoms with van der Waals surface area (Å²) >= 11 is 0. The molecular weight excluding hydrogens is 470 g/mol. The van der Waals surface area contributed by atoms with Gasteiger partial charge in [0.15, 0.2) is 11.5 Å². The molecule has 1 aliphatic heterocycles. The molecule has 0 saturated carbocycles. The lowest BCUT2D eigenvalue weighted by molar-refractivity contribution is -0.126. The number of aryl methyl sites for hydroxylation is 1. The van der Waals surface area contributed by atoms with Crippen molar-refractivity contribution < 1.29 is 19.0 Å². The highest BCUT2D eigenvalue weighted by molar-refractivity contribution is 5.80. The minimum Gasteiger partial charge on any atom is -0.493 e. The Morgan fingerprint density at radius 2 is 1.81 bits per heavy atom. The highest BCUT2D eigenvalue weighted by Gasteiger charge is 2.30. The molecule has 1 unspecified atom stereocenters. The normalized spacial score (nSPS) is 18.6. The molecule has 1 aliphatic carbocycles. The van der Waals surface area contributed by atoms with Crippen molar-refractivity contribution in [1.82, 2.24) is 15.3 Å². The van der Waals surface area contributed by atoms with Crippen molar-refractivity contribution in [2.45, 2.75) is 31.7 Å². The second-order valence-corrected chi connectivity index (χ2v) is 9.36. The van der Waals surface area contributed by atoms with E-state index >= 15 is 0 Å². The van der Waals surface area contributed by atoms with Gasteiger partial charge in [0.25, 0.3) is 0 Å². The van der Waals surface area contributed by atoms with Crippen LogP contribution in [0.3, 0.4) is 0 Å². The van der Waals surface area contributed by atoms with E-state index in [1.807, 2.05) is 12.1 Å². The van der Waals surface area contributed by atoms with Crippen LogP contribution in [-0.4, -0.2) is 50.3 Å². The fourth-order valence-electron chi connectivity index (χ4n) is 5.26. The van der Waals surface area contributed by atoms with Gasteiger partial charge in [-0.2, -0.15) is 4.98 Å². The van der Waals surface area contributed by atoms with E-state index in [0.29, 0.717) is 35.4 Å². The van der Waals surface area contributed by atoms with E-state index in [9.17, 15) is 4.79 Å². The van der Waals surface area contributed by atoms with Gasteiger partial charge in [-0.3, -0.25) is 4.79 Å². The average Bonchev–Trinajstić information content (AvgIpc) is 3.35. The first-order valence-corrected chi connectivity index (χ1v) is 12.6. The summed E-state index contributed by atoms with van der Waals surface area (Å²) in [7, 11) is 4.72. The van der Waals surface area contributed by atoms with E-state index in [2.05, 4.69) is 38.7 Å². The highest BCUT2D eigenvalue weighted by Crippen LogP contribution is 2.40. The van der Waals surface area contributed by atoms with Crippen LogP contribution in [-0.2, 0) is 11.2 Å². The van der Waals surface area contributed by atoms with E-state index < -0.39 is 0 Å². The Bertz CT molecular complexity index is 1240. The predicted octanol–water partition coefficient (Wildman–Crippen LogP) is 4.27. The quantitative estimate of drug-likeness (QED) is 0.471. The smallest absolute Gasteiger partial charge is 0.229 e. The van der Waals surface area contributed by atoms with Gasteiger partial charge in [-0.25, -0.2) is 4.98 Å². The van der Waals surface area contributed by atoms with Gasteiger partial charge < -0.3 is 29.7 Å². The fraction of sp³-hybridized carbons (Fsp3) is 0.393. The monoisotopic (exact) mass is 503 g/mol. The van der Waals surface area contributed by atoms with E-state index in [1.165, 1.54) is 11.1 Å². The lowest BCUT2D eigenvalue weighted by Crippen LogP contribution is -2.44. The number of anilines is 3. The maximum Gasteiger partial charge on any atom is 0.229 e. The number of hydrogen-bond acceptors (Lipinski definition) is 8. The molecule has 2 aromatic carbocycles. The topological polar surface area (TPSA) is 97.8 Å². The SMILES string of the molecule is COc1cc(Nc2nccc(N3CCC[C@H](C(=O)NC4CCc5ccccc54)C3)n2)cc(OC)c1OC. The van der Waals surface area contributed by atoms with Gasteiger partial charge in [0.1, 0.15) is 5.82 Å². The number of methoxy groups -OCH3 is 3. The van der Waals surface area contributed by atoms with Crippen molar-refractivity contribution in [3.05, 3.63) is 59.8 Å². The second-order valence-electron chi connectivity index (χ2n) is 9.36. The van der Waals surface area contributed by atoms with Gasteiger partial charge in [0.2, 0.25) is 17.6 Å². The highest BCUT2D eigenvalue weighted by atomic mass is 16.5. The summed E-state index contributed by atoms with van der Waals surface area (Å²) in [6.45, 7) is 1.47. The van der Waals surface area contributed by atoms with Gasteiger partial charge in [0, 0.05) is 37.1 Å². The third-order valence-corrected chi connectivity index (χ3v) is 7.13. The Morgan fingerprint density at radius 1 is 1.03 bits per heavy atom. The molecule has 0 spiro atoms. The van der Waals surface area contributed by atoms with Crippen molar-refractivity contribution in [3.8, 4) is 17.2 Å². The summed E-state index contributed by atoms with van der Waals surface area (Å²) in [6, 6.07) is 14.0. The van der Waals surface area contributed by atoms with Crippen LogP contribution in [0.5, 0.6) is 17.2 Å². The number of piperidine rings is 1. The van der Waals surface area contributed by atoms with Crippen LogP contribution in [0.25, 0.3) is 0 Å². The number of amides is 1. The molecule has 37 heavy (non-hydrogen) atoms. The third kappa shape index (κ3) is 5.26. The molecule has 2 atom stereocenters. The van der Waals surface area contributed by atoms with Crippen LogP contribution in [0, 0.1) is 5.92 Å². The van der Waals surface area contributed by atoms with Crippen LogP contribution in [0.2, 0.25) is 0 Å². The van der Waals surface area contributed by atoms with Crippen molar-refractivity contribution in [3.63, 3.8) is 0 Å². The number of nitrogens with one attached hydrogen (secondary N) is 2. The Balaban J connectivity index is 1.27. The van der Waals surface area contributed by atoms with Crippen molar-refractivity contribution in [2.75, 3.05) is 44.6 Å². The molecule has 2 N–H and O–H groups in total. The lowest BCUT2D eigenvalue weighted by atomic mass is 9.96. The first-order chi connectivity index (χ1) is 18.1. The number of ether oxygens (including phenoxy) is 3. The zero-order valence-corrected chi connectivity index (χ0v) is 21.5. The first-order valence-electron chi connectivity index (χ1n) is 12.6. The largest absolute Gasteiger partial charge is 0.493 e. The standard InChI is InChI=1S/C28H33N5O4/c1-35-23-15-20(16-24(36-2)26(23)37-3)30-28-29-13-12-25(32-28)33-14-6-8-19(17-33)27(34)31-22-11-10-18-7-4-5-9-21(18)22/h4-5,7,9,12-13,15-16,19,22H,6,8,10-11,14,17H2,1-3H3,(H,31,34)(H,29,30,32)/t19-,22?/m0/s1. The zero-order chi connectivity index (χ0) is 25.8. The van der Waals surface area contributed by atoms with Gasteiger partial charge >= 0.3 is 0 Å². The van der Waals surface area contributed by atoms with Gasteiger partial charge in [-0.15, -0.1) is 0 Å². The number of nitrogens with zero attached hydrogens (tertiary/aromatic N) is 3. The van der Waals surface area contributed by atoms with Crippen LogP contribution in [0.15, 0.2) is 48.7 Å². The molecule has 1 amide bonds. The van der Waals surface area contributed by atoms with Crippen molar-refractivity contribution in [1.29, 1.82) is 0 Å². The van der Waals surface area contributed by atoms with Crippen LogP contribution >= 0.6 is 0 Å². The maximum atomic E-state index is 13.2. The third-order valence-electron chi connectivity index (χ3n) is 7.13. The number of carbonyl (C=O) groups excluding carboxylic acids is 1. The fourth-order valence-corrected chi connectivity index (χ4v) is 5.26. The van der Waals surface area contributed by atoms with Crippen LogP contribution in [0.1, 0.15) is 36.4 Å². The number of hydrogen-bond donors (Lipinski definition) is 2. The summed E-state index contributed by atoms with van der Waals surface area (Å²) in [5.74, 6) is 2.86. The van der Waals surface area contributed by atoms with Gasteiger partial charge in [-0.05, 0) is 42.9 Å². The van der Waals surface area contributed by atoms with E-state index in [4.69, 9.17) is 19.2 Å². The summed E-state index contributed by atoms with van der Waals surface area (Å²) in [6.07, 6.45) is 5.50. The van der Waals surface area contributed by atoms with Crippen molar-refractivity contribution >= 4 is 23.4 Å².